The summed E-state index contributed by atoms with van der Waals surface area (Å²) in [6, 6.07) is 0. The molecule has 1 nitrogen and oxygen atoms in total. The maximum Gasteiger partial charge on any atom is 0.0615 e. The highest BCUT2D eigenvalue weighted by Gasteiger charge is 1.68. The van der Waals surface area contributed by atoms with Crippen LogP contribution in [0.2, 0.25) is 0 Å². The molecule has 0 rings (SSSR count). The standard InChI is InChI=1S/C10H16O/c1-2-3-4-5-6-7-8-9-10-11/h3-4,6-9,11H,2,5,10H2,1H3. The molecule has 0 aromatic carbocycles. The van der Waals surface area contributed by atoms with E-state index >= 15 is 0 Å². The fourth-order valence-electron chi connectivity index (χ4n) is 0.638. The minimum absolute atomic E-state index is 0.120. The lowest BCUT2D eigenvalue weighted by Gasteiger charge is -1.79. The van der Waals surface area contributed by atoms with E-state index < -0.39 is 0 Å². The maximum atomic E-state index is 8.37. The average molecular weight is 152 g/mol. The van der Waals surface area contributed by atoms with Crippen molar-refractivity contribution in [1.29, 1.82) is 0 Å². The van der Waals surface area contributed by atoms with Crippen molar-refractivity contribution in [3.63, 3.8) is 0 Å². The average Bonchev–Trinajstić information content (AvgIpc) is 2.03. The Hall–Kier alpha value is -0.820. The molecule has 0 spiro atoms. The number of aliphatic hydroxyl groups excluding tert-OH is 1. The lowest BCUT2D eigenvalue weighted by atomic mass is 10.3. The summed E-state index contributed by atoms with van der Waals surface area (Å²) in [4.78, 5) is 0. The molecule has 11 heavy (non-hydrogen) atoms. The van der Waals surface area contributed by atoms with Gasteiger partial charge in [-0.1, -0.05) is 43.4 Å². The van der Waals surface area contributed by atoms with Crippen LogP contribution in [0.15, 0.2) is 36.5 Å². The molecule has 0 aromatic rings. The third-order valence-corrected chi connectivity index (χ3v) is 1.16. The Morgan fingerprint density at radius 2 is 1.73 bits per heavy atom. The molecule has 1 heteroatoms. The van der Waals surface area contributed by atoms with Gasteiger partial charge in [0.1, 0.15) is 0 Å². The van der Waals surface area contributed by atoms with Crippen LogP contribution in [0.4, 0.5) is 0 Å². The van der Waals surface area contributed by atoms with Crippen molar-refractivity contribution >= 4 is 0 Å². The molecule has 0 aliphatic rings. The molecule has 0 fully saturated rings. The highest BCUT2D eigenvalue weighted by atomic mass is 16.2. The summed E-state index contributed by atoms with van der Waals surface area (Å²) in [5.41, 5.74) is 0. The number of hydrogen-bond acceptors (Lipinski definition) is 1. The van der Waals surface area contributed by atoms with Crippen LogP contribution in [0.1, 0.15) is 19.8 Å². The molecule has 0 aromatic heterocycles. The van der Waals surface area contributed by atoms with Crippen molar-refractivity contribution < 1.29 is 5.11 Å². The smallest absolute Gasteiger partial charge is 0.0615 e. The number of rotatable bonds is 5. The Bertz CT molecular complexity index is 143. The van der Waals surface area contributed by atoms with Crippen molar-refractivity contribution in [2.45, 2.75) is 19.8 Å². The Kier molecular flexibility index (Phi) is 8.50. The van der Waals surface area contributed by atoms with E-state index in [4.69, 9.17) is 5.11 Å². The first-order chi connectivity index (χ1) is 5.41. The van der Waals surface area contributed by atoms with Gasteiger partial charge in [0.2, 0.25) is 0 Å². The third kappa shape index (κ3) is 9.18. The molecule has 0 aliphatic heterocycles. The van der Waals surface area contributed by atoms with Gasteiger partial charge in [-0.2, -0.15) is 0 Å². The van der Waals surface area contributed by atoms with Crippen molar-refractivity contribution in [2.24, 2.45) is 0 Å². The summed E-state index contributed by atoms with van der Waals surface area (Å²) < 4.78 is 0. The van der Waals surface area contributed by atoms with Crippen LogP contribution in [-0.2, 0) is 0 Å². The molecule has 62 valence electrons. The maximum absolute atomic E-state index is 8.37. The molecule has 0 aliphatic carbocycles. The van der Waals surface area contributed by atoms with Crippen LogP contribution >= 0.6 is 0 Å². The first kappa shape index (κ1) is 10.2. The zero-order valence-corrected chi connectivity index (χ0v) is 7.03. The monoisotopic (exact) mass is 152 g/mol. The molecule has 0 unspecified atom stereocenters. The quantitative estimate of drug-likeness (QED) is 0.474. The summed E-state index contributed by atoms with van der Waals surface area (Å²) in [6.07, 6.45) is 13.9. The summed E-state index contributed by atoms with van der Waals surface area (Å²) >= 11 is 0. The van der Waals surface area contributed by atoms with Crippen molar-refractivity contribution in [1.82, 2.24) is 0 Å². The van der Waals surface area contributed by atoms with Crippen LogP contribution in [0, 0.1) is 0 Å². The molecule has 0 heterocycles. The molecule has 0 radical (unpaired) electrons. The van der Waals surface area contributed by atoms with Crippen molar-refractivity contribution in [3.8, 4) is 0 Å². The van der Waals surface area contributed by atoms with E-state index in [-0.39, 0.29) is 6.61 Å². The summed E-state index contributed by atoms with van der Waals surface area (Å²) in [7, 11) is 0. The van der Waals surface area contributed by atoms with Crippen LogP contribution < -0.4 is 0 Å². The van der Waals surface area contributed by atoms with Crippen LogP contribution in [0.5, 0.6) is 0 Å². The van der Waals surface area contributed by atoms with Gasteiger partial charge in [0, 0.05) is 0 Å². The van der Waals surface area contributed by atoms with Gasteiger partial charge in [-0.3, -0.25) is 0 Å². The zero-order chi connectivity index (χ0) is 8.36. The van der Waals surface area contributed by atoms with Gasteiger partial charge in [0.15, 0.2) is 0 Å². The SMILES string of the molecule is CCC=CCC=CC=CCO. The van der Waals surface area contributed by atoms with E-state index in [1.165, 1.54) is 0 Å². The zero-order valence-electron chi connectivity index (χ0n) is 7.03. The van der Waals surface area contributed by atoms with Crippen molar-refractivity contribution in [2.75, 3.05) is 6.61 Å². The number of aliphatic hydroxyl groups is 1. The van der Waals surface area contributed by atoms with Gasteiger partial charge in [-0.25, -0.2) is 0 Å². The summed E-state index contributed by atoms with van der Waals surface area (Å²) in [5.74, 6) is 0. The predicted octanol–water partition coefficient (Wildman–Crippen LogP) is 2.45. The Balaban J connectivity index is 3.29. The Morgan fingerprint density at radius 3 is 2.36 bits per heavy atom. The van der Waals surface area contributed by atoms with Gasteiger partial charge < -0.3 is 5.11 Å². The second kappa shape index (κ2) is 9.18. The highest BCUT2D eigenvalue weighted by Crippen LogP contribution is 1.88. The largest absolute Gasteiger partial charge is 0.392 e. The predicted molar refractivity (Wildman–Crippen MR) is 49.4 cm³/mol. The normalized spacial score (nSPS) is 12.5. The second-order valence-corrected chi connectivity index (χ2v) is 2.15. The van der Waals surface area contributed by atoms with Gasteiger partial charge in [-0.05, 0) is 12.8 Å². The van der Waals surface area contributed by atoms with Crippen LogP contribution in [-0.4, -0.2) is 11.7 Å². The Labute approximate surface area is 68.7 Å². The van der Waals surface area contributed by atoms with Gasteiger partial charge in [0.05, 0.1) is 6.61 Å². The molecule has 0 saturated heterocycles. The number of allylic oxidation sites excluding steroid dienone is 5. The highest BCUT2D eigenvalue weighted by molar-refractivity contribution is 5.04. The molecular weight excluding hydrogens is 136 g/mol. The molecule has 0 amide bonds. The lowest BCUT2D eigenvalue weighted by Crippen LogP contribution is -1.67. The van der Waals surface area contributed by atoms with Gasteiger partial charge >= 0.3 is 0 Å². The van der Waals surface area contributed by atoms with E-state index in [1.54, 1.807) is 6.08 Å². The number of hydrogen-bond donors (Lipinski definition) is 1. The minimum Gasteiger partial charge on any atom is -0.392 e. The Morgan fingerprint density at radius 1 is 1.00 bits per heavy atom. The summed E-state index contributed by atoms with van der Waals surface area (Å²) in [5, 5.41) is 8.37. The van der Waals surface area contributed by atoms with Gasteiger partial charge in [0.25, 0.3) is 0 Å². The van der Waals surface area contributed by atoms with Crippen molar-refractivity contribution in [3.05, 3.63) is 36.5 Å². The first-order valence-electron chi connectivity index (χ1n) is 3.99. The topological polar surface area (TPSA) is 20.2 Å². The molecule has 0 atom stereocenters. The van der Waals surface area contributed by atoms with E-state index in [9.17, 15) is 0 Å². The fraction of sp³-hybridized carbons (Fsp3) is 0.400. The molecule has 1 N–H and O–H groups in total. The fourth-order valence-corrected chi connectivity index (χ4v) is 0.638. The third-order valence-electron chi connectivity index (χ3n) is 1.16. The summed E-state index contributed by atoms with van der Waals surface area (Å²) in [6.45, 7) is 2.24. The molecule has 0 bridgehead atoms. The molecular formula is C10H16O. The second-order valence-electron chi connectivity index (χ2n) is 2.15. The van der Waals surface area contributed by atoms with Crippen LogP contribution in [0.3, 0.4) is 0 Å². The van der Waals surface area contributed by atoms with E-state index in [2.05, 4.69) is 25.2 Å². The van der Waals surface area contributed by atoms with E-state index in [0.717, 1.165) is 12.8 Å². The first-order valence-corrected chi connectivity index (χ1v) is 3.99. The van der Waals surface area contributed by atoms with E-state index in [1.807, 2.05) is 12.2 Å². The van der Waals surface area contributed by atoms with Gasteiger partial charge in [-0.15, -0.1) is 0 Å². The van der Waals surface area contributed by atoms with Crippen LogP contribution in [0.25, 0.3) is 0 Å². The van der Waals surface area contributed by atoms with E-state index in [0.29, 0.717) is 0 Å². The lowest BCUT2D eigenvalue weighted by molar-refractivity contribution is 0.343. The minimum atomic E-state index is 0.120. The molecule has 0 saturated carbocycles.